The van der Waals surface area contributed by atoms with E-state index in [0.29, 0.717) is 24.3 Å². The first-order valence-corrected chi connectivity index (χ1v) is 7.86. The lowest BCUT2D eigenvalue weighted by atomic mass is 9.82. The summed E-state index contributed by atoms with van der Waals surface area (Å²) in [5, 5.41) is 20.3. The van der Waals surface area contributed by atoms with Gasteiger partial charge in [0, 0.05) is 23.6 Å². The highest BCUT2D eigenvalue weighted by molar-refractivity contribution is 6.30. The first kappa shape index (κ1) is 16.8. The van der Waals surface area contributed by atoms with Crippen LogP contribution in [0, 0.1) is 6.92 Å². The topological polar surface area (TPSA) is 83.8 Å². The lowest BCUT2D eigenvalue weighted by Gasteiger charge is -2.20. The molecule has 0 amide bonds. The lowest BCUT2D eigenvalue weighted by molar-refractivity contribution is 0.0973. The minimum atomic E-state index is -0.576. The maximum Gasteiger partial charge on any atom is 0.201 e. The standard InChI is InChI=1S/C20H18O5/c1-10(2)4-5-25-12-8-14-18(16(22)9-12)20(24)17-13(19(14)23)6-11(3)7-15(17)21/h6-9,21-22H,1,4-5H2,2-3H3. The molecule has 3 rings (SSSR count). The molecule has 0 aliphatic heterocycles. The molecule has 128 valence electrons. The Balaban J connectivity index is 2.07. The molecule has 1 aliphatic rings. The first-order chi connectivity index (χ1) is 11.8. The Hall–Kier alpha value is -3.08. The van der Waals surface area contributed by atoms with Gasteiger partial charge in [0.05, 0.1) is 17.7 Å². The van der Waals surface area contributed by atoms with Crippen molar-refractivity contribution in [2.75, 3.05) is 6.61 Å². The summed E-state index contributed by atoms with van der Waals surface area (Å²) in [5.41, 5.74) is 1.65. The van der Waals surface area contributed by atoms with Crippen molar-refractivity contribution in [2.45, 2.75) is 20.3 Å². The molecule has 2 aromatic carbocycles. The van der Waals surface area contributed by atoms with Crippen LogP contribution in [0.4, 0.5) is 0 Å². The number of phenols is 2. The van der Waals surface area contributed by atoms with Crippen LogP contribution in [0.15, 0.2) is 36.4 Å². The largest absolute Gasteiger partial charge is 0.507 e. The van der Waals surface area contributed by atoms with Crippen molar-refractivity contribution in [1.82, 2.24) is 0 Å². The van der Waals surface area contributed by atoms with Crippen LogP contribution in [-0.2, 0) is 0 Å². The molecule has 0 atom stereocenters. The highest BCUT2D eigenvalue weighted by Crippen LogP contribution is 2.39. The molecule has 5 heteroatoms. The Morgan fingerprint density at radius 2 is 1.60 bits per heavy atom. The van der Waals surface area contributed by atoms with Crippen molar-refractivity contribution in [1.29, 1.82) is 0 Å². The number of phenolic OH excluding ortho intramolecular Hbond substituents is 2. The van der Waals surface area contributed by atoms with Gasteiger partial charge in [0.2, 0.25) is 5.78 Å². The third-order valence-corrected chi connectivity index (χ3v) is 4.09. The molecule has 0 fully saturated rings. The van der Waals surface area contributed by atoms with E-state index in [1.54, 1.807) is 13.0 Å². The number of ether oxygens (including phenoxy) is 1. The quantitative estimate of drug-likeness (QED) is 0.711. The minimum Gasteiger partial charge on any atom is -0.507 e. The zero-order valence-electron chi connectivity index (χ0n) is 14.0. The maximum atomic E-state index is 12.8. The normalized spacial score (nSPS) is 12.6. The van der Waals surface area contributed by atoms with Crippen LogP contribution in [0.25, 0.3) is 0 Å². The third kappa shape index (κ3) is 2.89. The van der Waals surface area contributed by atoms with E-state index in [1.165, 1.54) is 18.2 Å². The number of aromatic hydroxyl groups is 2. The first-order valence-electron chi connectivity index (χ1n) is 7.86. The van der Waals surface area contributed by atoms with Crippen LogP contribution in [0.5, 0.6) is 17.2 Å². The predicted octanol–water partition coefficient (Wildman–Crippen LogP) is 3.53. The highest BCUT2D eigenvalue weighted by atomic mass is 16.5. The van der Waals surface area contributed by atoms with E-state index < -0.39 is 11.6 Å². The Morgan fingerprint density at radius 1 is 1.00 bits per heavy atom. The molecular weight excluding hydrogens is 320 g/mol. The maximum absolute atomic E-state index is 12.8. The van der Waals surface area contributed by atoms with Gasteiger partial charge in [-0.1, -0.05) is 5.57 Å². The van der Waals surface area contributed by atoms with Gasteiger partial charge >= 0.3 is 0 Å². The molecule has 25 heavy (non-hydrogen) atoms. The Kier molecular flexibility index (Phi) is 4.08. The molecule has 1 aliphatic carbocycles. The highest BCUT2D eigenvalue weighted by Gasteiger charge is 2.35. The van der Waals surface area contributed by atoms with Crippen molar-refractivity contribution >= 4 is 11.6 Å². The van der Waals surface area contributed by atoms with E-state index in [4.69, 9.17) is 4.74 Å². The van der Waals surface area contributed by atoms with Gasteiger partial charge in [-0.15, -0.1) is 6.58 Å². The zero-order valence-corrected chi connectivity index (χ0v) is 14.0. The molecule has 0 radical (unpaired) electrons. The summed E-state index contributed by atoms with van der Waals surface area (Å²) < 4.78 is 5.55. The van der Waals surface area contributed by atoms with Gasteiger partial charge in [-0.25, -0.2) is 0 Å². The van der Waals surface area contributed by atoms with E-state index >= 15 is 0 Å². The molecule has 0 saturated carbocycles. The second kappa shape index (κ2) is 6.09. The third-order valence-electron chi connectivity index (χ3n) is 4.09. The fourth-order valence-electron chi connectivity index (χ4n) is 2.90. The number of carbonyl (C=O) groups excluding carboxylic acids is 2. The van der Waals surface area contributed by atoms with Gasteiger partial charge in [-0.3, -0.25) is 9.59 Å². The average Bonchev–Trinajstić information content (AvgIpc) is 2.51. The van der Waals surface area contributed by atoms with Crippen molar-refractivity contribution in [3.63, 3.8) is 0 Å². The van der Waals surface area contributed by atoms with Crippen LogP contribution in [0.1, 0.15) is 50.8 Å². The second-order valence-electron chi connectivity index (χ2n) is 6.29. The van der Waals surface area contributed by atoms with Crippen molar-refractivity contribution in [3.05, 3.63) is 64.2 Å². The number of hydrogen-bond donors (Lipinski definition) is 2. The van der Waals surface area contributed by atoms with Crippen molar-refractivity contribution < 1.29 is 24.5 Å². The van der Waals surface area contributed by atoms with Gasteiger partial charge in [-0.05, 0) is 37.6 Å². The molecule has 0 spiro atoms. The summed E-state index contributed by atoms with van der Waals surface area (Å²) in [7, 11) is 0. The number of benzene rings is 2. The fourth-order valence-corrected chi connectivity index (χ4v) is 2.90. The molecule has 0 unspecified atom stereocenters. The smallest absolute Gasteiger partial charge is 0.201 e. The predicted molar refractivity (Wildman–Crippen MR) is 92.7 cm³/mol. The average molecular weight is 338 g/mol. The van der Waals surface area contributed by atoms with E-state index in [9.17, 15) is 19.8 Å². The number of ketones is 2. The Morgan fingerprint density at radius 3 is 2.24 bits per heavy atom. The molecule has 5 nitrogen and oxygen atoms in total. The fraction of sp³-hybridized carbons (Fsp3) is 0.200. The summed E-state index contributed by atoms with van der Waals surface area (Å²) in [6.07, 6.45) is 0.640. The van der Waals surface area contributed by atoms with Gasteiger partial charge in [0.25, 0.3) is 0 Å². The van der Waals surface area contributed by atoms with Gasteiger partial charge in [0.15, 0.2) is 5.78 Å². The number of aryl methyl sites for hydroxylation is 1. The molecule has 0 bridgehead atoms. The molecule has 0 aromatic heterocycles. The summed E-state index contributed by atoms with van der Waals surface area (Å²) in [6, 6.07) is 5.74. The summed E-state index contributed by atoms with van der Waals surface area (Å²) in [4.78, 5) is 25.5. The Labute approximate surface area is 145 Å². The van der Waals surface area contributed by atoms with Crippen LogP contribution < -0.4 is 4.74 Å². The molecular formula is C20H18O5. The summed E-state index contributed by atoms with van der Waals surface area (Å²) in [5.74, 6) is -1.30. The van der Waals surface area contributed by atoms with E-state index in [1.807, 2.05) is 6.92 Å². The van der Waals surface area contributed by atoms with Crippen LogP contribution in [-0.4, -0.2) is 28.4 Å². The van der Waals surface area contributed by atoms with E-state index in [-0.39, 0.29) is 33.8 Å². The van der Waals surface area contributed by atoms with Crippen molar-refractivity contribution in [2.24, 2.45) is 0 Å². The van der Waals surface area contributed by atoms with Gasteiger partial charge in [-0.2, -0.15) is 0 Å². The zero-order chi connectivity index (χ0) is 18.3. The Bertz CT molecular complexity index is 924. The number of hydrogen-bond acceptors (Lipinski definition) is 5. The van der Waals surface area contributed by atoms with Gasteiger partial charge < -0.3 is 14.9 Å². The van der Waals surface area contributed by atoms with Gasteiger partial charge in [0.1, 0.15) is 17.2 Å². The second-order valence-corrected chi connectivity index (χ2v) is 6.29. The number of carbonyl (C=O) groups is 2. The van der Waals surface area contributed by atoms with Crippen LogP contribution in [0.2, 0.25) is 0 Å². The SMILES string of the molecule is C=C(C)CCOc1cc(O)c2c(c1)C(=O)c1cc(C)cc(O)c1C2=O. The molecule has 0 saturated heterocycles. The number of rotatable bonds is 4. The molecule has 0 heterocycles. The van der Waals surface area contributed by atoms with Crippen LogP contribution >= 0.6 is 0 Å². The van der Waals surface area contributed by atoms with Crippen molar-refractivity contribution in [3.8, 4) is 17.2 Å². The van der Waals surface area contributed by atoms with Crippen LogP contribution in [0.3, 0.4) is 0 Å². The minimum absolute atomic E-state index is 0.0747. The summed E-state index contributed by atoms with van der Waals surface area (Å²) in [6.45, 7) is 7.74. The molecule has 2 N–H and O–H groups in total. The number of fused-ring (bicyclic) bond motifs is 2. The monoisotopic (exact) mass is 338 g/mol. The van der Waals surface area contributed by atoms with E-state index in [2.05, 4.69) is 6.58 Å². The van der Waals surface area contributed by atoms with E-state index in [0.717, 1.165) is 5.57 Å². The summed E-state index contributed by atoms with van der Waals surface area (Å²) >= 11 is 0. The molecule has 2 aromatic rings. The lowest BCUT2D eigenvalue weighted by Crippen LogP contribution is -2.21.